The first-order chi connectivity index (χ1) is 11.7. The quantitative estimate of drug-likeness (QED) is 0.884. The fourth-order valence-electron chi connectivity index (χ4n) is 2.72. The van der Waals surface area contributed by atoms with E-state index in [1.165, 1.54) is 0 Å². The Labute approximate surface area is 142 Å². The molecule has 6 heteroatoms. The Balaban J connectivity index is 1.84. The highest BCUT2D eigenvalue weighted by molar-refractivity contribution is 5.99. The van der Waals surface area contributed by atoms with Crippen LogP contribution in [0.1, 0.15) is 31.1 Å². The highest BCUT2D eigenvalue weighted by Gasteiger charge is 2.27. The van der Waals surface area contributed by atoms with Gasteiger partial charge >= 0.3 is 0 Å². The lowest BCUT2D eigenvalue weighted by atomic mass is 10.1. The Hall–Kier alpha value is -2.76. The molecule has 126 valence electrons. The molecule has 0 amide bonds. The minimum absolute atomic E-state index is 0.0527. The highest BCUT2D eigenvalue weighted by Crippen LogP contribution is 2.33. The summed E-state index contributed by atoms with van der Waals surface area (Å²) in [5, 5.41) is 4.47. The van der Waals surface area contributed by atoms with Gasteiger partial charge < -0.3 is 14.4 Å². The Morgan fingerprint density at radius 3 is 2.46 bits per heavy atom. The van der Waals surface area contributed by atoms with Crippen molar-refractivity contribution in [3.8, 4) is 11.5 Å². The van der Waals surface area contributed by atoms with Gasteiger partial charge in [0.15, 0.2) is 17.3 Å². The second kappa shape index (κ2) is 7.21. The molecule has 2 heterocycles. The first-order valence-corrected chi connectivity index (χ1v) is 8.10. The monoisotopic (exact) mass is 326 g/mol. The standard InChI is InChI=1S/C18H22N4O2/c1-4-23-15-7-6-14(12-16(15)24-5-2)18-21-20-17(22(18)3)13-8-10-19-11-9-13/h6-12,18,21H,4-5H2,1-3H3. The second-order valence-electron chi connectivity index (χ2n) is 5.39. The third-order valence-corrected chi connectivity index (χ3v) is 3.84. The van der Waals surface area contributed by atoms with Crippen LogP contribution in [0.25, 0.3) is 0 Å². The third kappa shape index (κ3) is 3.13. The number of ether oxygens (including phenoxy) is 2. The third-order valence-electron chi connectivity index (χ3n) is 3.84. The van der Waals surface area contributed by atoms with Crippen LogP contribution in [-0.2, 0) is 0 Å². The van der Waals surface area contributed by atoms with E-state index in [2.05, 4.69) is 20.4 Å². The molecule has 1 N–H and O–H groups in total. The molecule has 6 nitrogen and oxygen atoms in total. The summed E-state index contributed by atoms with van der Waals surface area (Å²) in [6, 6.07) is 9.89. The van der Waals surface area contributed by atoms with Crippen LogP contribution in [0.5, 0.6) is 11.5 Å². The Kier molecular flexibility index (Phi) is 4.84. The van der Waals surface area contributed by atoms with Crippen LogP contribution in [0.2, 0.25) is 0 Å². The molecule has 2 aromatic rings. The summed E-state index contributed by atoms with van der Waals surface area (Å²) in [5.74, 6) is 2.40. The molecule has 3 rings (SSSR count). The number of hydrazone groups is 1. The highest BCUT2D eigenvalue weighted by atomic mass is 16.5. The van der Waals surface area contributed by atoms with Gasteiger partial charge in [-0.05, 0) is 43.7 Å². The molecule has 1 unspecified atom stereocenters. The van der Waals surface area contributed by atoms with Crippen molar-refractivity contribution >= 4 is 5.84 Å². The zero-order valence-corrected chi connectivity index (χ0v) is 14.2. The van der Waals surface area contributed by atoms with Gasteiger partial charge in [-0.25, -0.2) is 0 Å². The topological polar surface area (TPSA) is 59.0 Å². The number of hydrogen-bond donors (Lipinski definition) is 1. The van der Waals surface area contributed by atoms with Gasteiger partial charge in [0.2, 0.25) is 0 Å². The summed E-state index contributed by atoms with van der Waals surface area (Å²) in [6.07, 6.45) is 3.48. The Bertz CT molecular complexity index is 718. The molecule has 0 saturated heterocycles. The van der Waals surface area contributed by atoms with Crippen molar-refractivity contribution in [3.05, 3.63) is 53.9 Å². The van der Waals surface area contributed by atoms with Gasteiger partial charge in [-0.15, -0.1) is 0 Å². The molecule has 1 aromatic carbocycles. The maximum Gasteiger partial charge on any atom is 0.161 e. The smallest absolute Gasteiger partial charge is 0.161 e. The number of pyridine rings is 1. The molecular formula is C18H22N4O2. The number of hydrogen-bond acceptors (Lipinski definition) is 6. The second-order valence-corrected chi connectivity index (χ2v) is 5.39. The fraction of sp³-hybridized carbons (Fsp3) is 0.333. The number of amidine groups is 1. The number of nitrogens with one attached hydrogen (secondary N) is 1. The fourth-order valence-corrected chi connectivity index (χ4v) is 2.72. The van der Waals surface area contributed by atoms with E-state index in [0.717, 1.165) is 28.5 Å². The summed E-state index contributed by atoms with van der Waals surface area (Å²) in [6.45, 7) is 5.13. The Morgan fingerprint density at radius 1 is 1.04 bits per heavy atom. The van der Waals surface area contributed by atoms with Crippen LogP contribution in [0.15, 0.2) is 47.8 Å². The van der Waals surface area contributed by atoms with Crippen LogP contribution < -0.4 is 14.9 Å². The van der Waals surface area contributed by atoms with Gasteiger partial charge in [0.1, 0.15) is 6.17 Å². The molecule has 1 aliphatic heterocycles. The molecule has 0 bridgehead atoms. The van der Waals surface area contributed by atoms with Gasteiger partial charge in [-0.1, -0.05) is 6.07 Å². The number of aromatic nitrogens is 1. The van der Waals surface area contributed by atoms with Gasteiger partial charge in [0, 0.05) is 25.0 Å². The maximum absolute atomic E-state index is 5.72. The number of rotatable bonds is 6. The van der Waals surface area contributed by atoms with E-state index in [1.54, 1.807) is 12.4 Å². The lowest BCUT2D eigenvalue weighted by Gasteiger charge is -2.24. The van der Waals surface area contributed by atoms with E-state index >= 15 is 0 Å². The van der Waals surface area contributed by atoms with Crippen molar-refractivity contribution in [1.29, 1.82) is 0 Å². The molecule has 0 saturated carbocycles. The predicted molar refractivity (Wildman–Crippen MR) is 93.2 cm³/mol. The summed E-state index contributed by atoms with van der Waals surface area (Å²) < 4.78 is 11.3. The van der Waals surface area contributed by atoms with Crippen molar-refractivity contribution in [2.45, 2.75) is 20.0 Å². The average molecular weight is 326 g/mol. The average Bonchev–Trinajstić information content (AvgIpc) is 2.99. The zero-order chi connectivity index (χ0) is 16.9. The molecule has 1 aromatic heterocycles. The molecule has 1 aliphatic rings. The largest absolute Gasteiger partial charge is 0.490 e. The lowest BCUT2D eigenvalue weighted by Crippen LogP contribution is -2.30. The van der Waals surface area contributed by atoms with Gasteiger partial charge in [0.25, 0.3) is 0 Å². The Morgan fingerprint density at radius 2 is 1.75 bits per heavy atom. The van der Waals surface area contributed by atoms with Crippen LogP contribution in [-0.4, -0.2) is 36.0 Å². The summed E-state index contributed by atoms with van der Waals surface area (Å²) in [4.78, 5) is 6.15. The van der Waals surface area contributed by atoms with Crippen molar-refractivity contribution < 1.29 is 9.47 Å². The molecule has 0 aliphatic carbocycles. The van der Waals surface area contributed by atoms with E-state index < -0.39 is 0 Å². The SMILES string of the molecule is CCOc1ccc(C2NN=C(c3ccncc3)N2C)cc1OCC. The lowest BCUT2D eigenvalue weighted by molar-refractivity contribution is 0.285. The van der Waals surface area contributed by atoms with Crippen molar-refractivity contribution in [2.75, 3.05) is 20.3 Å². The van der Waals surface area contributed by atoms with Crippen molar-refractivity contribution in [2.24, 2.45) is 5.10 Å². The molecule has 0 spiro atoms. The first-order valence-electron chi connectivity index (χ1n) is 8.10. The van der Waals surface area contributed by atoms with Crippen LogP contribution in [0, 0.1) is 0 Å². The summed E-state index contributed by atoms with van der Waals surface area (Å²) in [7, 11) is 2.01. The maximum atomic E-state index is 5.72. The van der Waals surface area contributed by atoms with E-state index in [4.69, 9.17) is 9.47 Å². The molecule has 0 radical (unpaired) electrons. The van der Waals surface area contributed by atoms with Crippen molar-refractivity contribution in [3.63, 3.8) is 0 Å². The molecule has 24 heavy (non-hydrogen) atoms. The van der Waals surface area contributed by atoms with E-state index in [1.807, 2.05) is 51.2 Å². The van der Waals surface area contributed by atoms with Crippen LogP contribution >= 0.6 is 0 Å². The van der Waals surface area contributed by atoms with Crippen molar-refractivity contribution in [1.82, 2.24) is 15.3 Å². The minimum Gasteiger partial charge on any atom is -0.490 e. The van der Waals surface area contributed by atoms with Crippen LogP contribution in [0.3, 0.4) is 0 Å². The molecular weight excluding hydrogens is 304 g/mol. The van der Waals surface area contributed by atoms with Gasteiger partial charge in [0.05, 0.1) is 13.2 Å². The minimum atomic E-state index is -0.0527. The van der Waals surface area contributed by atoms with Crippen LogP contribution in [0.4, 0.5) is 0 Å². The normalized spacial score (nSPS) is 16.5. The summed E-state index contributed by atoms with van der Waals surface area (Å²) >= 11 is 0. The van der Waals surface area contributed by atoms with Gasteiger partial charge in [-0.3, -0.25) is 10.4 Å². The molecule has 1 atom stereocenters. The van der Waals surface area contributed by atoms with E-state index in [0.29, 0.717) is 13.2 Å². The van der Waals surface area contributed by atoms with Gasteiger partial charge in [-0.2, -0.15) is 5.10 Å². The number of benzene rings is 1. The zero-order valence-electron chi connectivity index (χ0n) is 14.2. The molecule has 0 fully saturated rings. The van der Waals surface area contributed by atoms with E-state index in [-0.39, 0.29) is 6.17 Å². The summed E-state index contributed by atoms with van der Waals surface area (Å²) in [5.41, 5.74) is 5.28. The predicted octanol–water partition coefficient (Wildman–Crippen LogP) is 2.77. The van der Waals surface area contributed by atoms with E-state index in [9.17, 15) is 0 Å². The first kappa shape index (κ1) is 16.1. The number of nitrogens with zero attached hydrogens (tertiary/aromatic N) is 3.